The van der Waals surface area contributed by atoms with Crippen molar-refractivity contribution < 1.29 is 24.3 Å². The number of aromatic nitrogens is 2. The monoisotopic (exact) mass is 439 g/mol. The van der Waals surface area contributed by atoms with Crippen LogP contribution in [0.25, 0.3) is 0 Å². The lowest BCUT2D eigenvalue weighted by molar-refractivity contribution is -0.138. The number of carboxylic acids is 1. The number of H-pyrrole nitrogens is 1. The summed E-state index contributed by atoms with van der Waals surface area (Å²) in [5.41, 5.74) is 12.0. The molecule has 1 aromatic heterocycles. The van der Waals surface area contributed by atoms with E-state index in [1.807, 2.05) is 0 Å². The van der Waals surface area contributed by atoms with Crippen LogP contribution in [0.3, 0.4) is 0 Å². The molecule has 9 N–H and O–H groups in total. The van der Waals surface area contributed by atoms with Gasteiger partial charge in [0.05, 0.1) is 12.4 Å². The molecule has 0 radical (unpaired) electrons. The first-order valence-corrected chi connectivity index (χ1v) is 10.2. The largest absolute Gasteiger partial charge is 0.480 e. The number of nitrogens with two attached hydrogens (primary N) is 2. The summed E-state index contributed by atoms with van der Waals surface area (Å²) in [6.07, 6.45) is 4.53. The Morgan fingerprint density at radius 1 is 1.10 bits per heavy atom. The highest BCUT2D eigenvalue weighted by atomic mass is 16.4. The highest BCUT2D eigenvalue weighted by Gasteiger charge is 2.29. The van der Waals surface area contributed by atoms with Crippen LogP contribution < -0.4 is 27.4 Å². The van der Waals surface area contributed by atoms with Crippen LogP contribution >= 0.6 is 0 Å². The second-order valence-corrected chi connectivity index (χ2v) is 7.57. The van der Waals surface area contributed by atoms with Crippen LogP contribution in [0.2, 0.25) is 0 Å². The van der Waals surface area contributed by atoms with Crippen molar-refractivity contribution in [3.63, 3.8) is 0 Å². The number of carbonyl (C=O) groups excluding carboxylic acids is 3. The molecule has 0 aliphatic heterocycles. The number of hydrogen-bond acceptors (Lipinski definition) is 7. The number of aliphatic carboxylic acids is 1. The molecule has 0 fully saturated rings. The van der Waals surface area contributed by atoms with E-state index >= 15 is 0 Å². The minimum atomic E-state index is -1.20. The number of carboxylic acid groups (broad SMARTS) is 1. The Morgan fingerprint density at radius 2 is 1.77 bits per heavy atom. The fourth-order valence-electron chi connectivity index (χ4n) is 2.72. The van der Waals surface area contributed by atoms with Gasteiger partial charge in [-0.1, -0.05) is 13.8 Å². The number of hydrogen-bond donors (Lipinski definition) is 7. The molecule has 3 atom stereocenters. The SMILES string of the molecule is CC(C)C(N)C(=O)NC(Cc1cnc[nH]1)C(=O)NC(CCCCN)C(=O)NCC(=O)O. The van der Waals surface area contributed by atoms with E-state index in [-0.39, 0.29) is 18.8 Å². The molecule has 0 aliphatic rings. The van der Waals surface area contributed by atoms with Gasteiger partial charge in [0.2, 0.25) is 17.7 Å². The molecule has 0 aromatic carbocycles. The van der Waals surface area contributed by atoms with Gasteiger partial charge in [-0.25, -0.2) is 4.98 Å². The van der Waals surface area contributed by atoms with Gasteiger partial charge in [0, 0.05) is 18.3 Å². The lowest BCUT2D eigenvalue weighted by atomic mass is 10.0. The molecule has 12 nitrogen and oxygen atoms in total. The number of unbranched alkanes of at least 4 members (excludes halogenated alkanes) is 1. The molecule has 0 saturated heterocycles. The van der Waals surface area contributed by atoms with E-state index in [0.717, 1.165) is 0 Å². The van der Waals surface area contributed by atoms with Crippen molar-refractivity contribution >= 4 is 23.7 Å². The predicted molar refractivity (Wildman–Crippen MR) is 113 cm³/mol. The third kappa shape index (κ3) is 9.57. The molecule has 31 heavy (non-hydrogen) atoms. The molecular weight excluding hydrogens is 406 g/mol. The summed E-state index contributed by atoms with van der Waals surface area (Å²) in [6, 6.07) is -2.79. The van der Waals surface area contributed by atoms with Crippen molar-refractivity contribution in [1.29, 1.82) is 0 Å². The molecule has 0 spiro atoms. The minimum absolute atomic E-state index is 0.106. The van der Waals surface area contributed by atoms with Crippen molar-refractivity contribution in [2.75, 3.05) is 13.1 Å². The number of carbonyl (C=O) groups is 4. The summed E-state index contributed by atoms with van der Waals surface area (Å²) in [7, 11) is 0. The molecule has 1 rings (SSSR count). The Balaban J connectivity index is 2.93. The zero-order valence-electron chi connectivity index (χ0n) is 17.9. The predicted octanol–water partition coefficient (Wildman–Crippen LogP) is -1.77. The summed E-state index contributed by atoms with van der Waals surface area (Å²) in [6.45, 7) is 3.42. The molecule has 3 amide bonds. The minimum Gasteiger partial charge on any atom is -0.480 e. The van der Waals surface area contributed by atoms with Crippen LogP contribution in [0.5, 0.6) is 0 Å². The maximum atomic E-state index is 13.0. The number of nitrogens with zero attached hydrogens (tertiary/aromatic N) is 1. The zero-order chi connectivity index (χ0) is 23.4. The van der Waals surface area contributed by atoms with Crippen LogP contribution in [0.4, 0.5) is 0 Å². The Kier molecular flexibility index (Phi) is 11.2. The molecule has 0 saturated carbocycles. The third-order valence-electron chi connectivity index (χ3n) is 4.63. The molecular formula is C19H33N7O5. The number of amides is 3. The molecule has 3 unspecified atom stereocenters. The summed E-state index contributed by atoms with van der Waals surface area (Å²) < 4.78 is 0. The van der Waals surface area contributed by atoms with E-state index in [1.165, 1.54) is 12.5 Å². The lowest BCUT2D eigenvalue weighted by Gasteiger charge is -2.24. The fraction of sp³-hybridized carbons (Fsp3) is 0.632. The van der Waals surface area contributed by atoms with Gasteiger partial charge < -0.3 is 37.5 Å². The Morgan fingerprint density at radius 3 is 2.32 bits per heavy atom. The average molecular weight is 440 g/mol. The van der Waals surface area contributed by atoms with E-state index in [2.05, 4.69) is 25.9 Å². The topological polar surface area (TPSA) is 205 Å². The van der Waals surface area contributed by atoms with Crippen molar-refractivity contribution in [2.45, 2.75) is 57.7 Å². The maximum Gasteiger partial charge on any atom is 0.322 e. The van der Waals surface area contributed by atoms with E-state index in [4.69, 9.17) is 16.6 Å². The Hall–Kier alpha value is -2.99. The summed E-state index contributed by atoms with van der Waals surface area (Å²) >= 11 is 0. The van der Waals surface area contributed by atoms with Gasteiger partial charge in [-0.05, 0) is 31.7 Å². The summed E-state index contributed by atoms with van der Waals surface area (Å²) in [5.74, 6) is -3.06. The van der Waals surface area contributed by atoms with E-state index < -0.39 is 48.4 Å². The Bertz CT molecular complexity index is 723. The van der Waals surface area contributed by atoms with Crippen molar-refractivity contribution in [1.82, 2.24) is 25.9 Å². The standard InChI is InChI=1S/C19H33N7O5/c1-11(2)16(21)19(31)26-14(7-12-8-22-10-24-12)18(30)25-13(5-3-4-6-20)17(29)23-9-15(27)28/h8,10-11,13-14,16H,3-7,9,20-21H2,1-2H3,(H,22,24)(H,23,29)(H,25,30)(H,26,31)(H,27,28). The summed E-state index contributed by atoms with van der Waals surface area (Å²) in [4.78, 5) is 55.3. The number of imidazole rings is 1. The molecule has 0 aliphatic carbocycles. The van der Waals surface area contributed by atoms with Gasteiger partial charge in [-0.2, -0.15) is 0 Å². The van der Waals surface area contributed by atoms with Gasteiger partial charge in [0.25, 0.3) is 0 Å². The molecule has 0 bridgehead atoms. The first-order chi connectivity index (χ1) is 14.6. The first-order valence-electron chi connectivity index (χ1n) is 10.2. The molecule has 1 aromatic rings. The highest BCUT2D eigenvalue weighted by Crippen LogP contribution is 2.06. The first kappa shape index (κ1) is 26.0. The Labute approximate surface area is 180 Å². The number of nitrogens with one attached hydrogen (secondary N) is 4. The second kappa shape index (κ2) is 13.3. The van der Waals surface area contributed by atoms with Crippen LogP contribution in [-0.2, 0) is 25.6 Å². The maximum absolute atomic E-state index is 13.0. The van der Waals surface area contributed by atoms with E-state index in [1.54, 1.807) is 13.8 Å². The van der Waals surface area contributed by atoms with Gasteiger partial charge in [-0.15, -0.1) is 0 Å². The normalized spacial score (nSPS) is 13.8. The van der Waals surface area contributed by atoms with Crippen molar-refractivity contribution in [3.05, 3.63) is 18.2 Å². The van der Waals surface area contributed by atoms with Crippen LogP contribution in [-0.4, -0.2) is 70.0 Å². The molecule has 1 heterocycles. The van der Waals surface area contributed by atoms with Crippen LogP contribution in [0.15, 0.2) is 12.5 Å². The number of rotatable bonds is 14. The highest BCUT2D eigenvalue weighted by molar-refractivity contribution is 5.93. The van der Waals surface area contributed by atoms with Gasteiger partial charge in [0.1, 0.15) is 18.6 Å². The lowest BCUT2D eigenvalue weighted by Crippen LogP contribution is -2.57. The van der Waals surface area contributed by atoms with Crippen LogP contribution in [0.1, 0.15) is 38.8 Å². The van der Waals surface area contributed by atoms with Gasteiger partial charge in [0.15, 0.2) is 0 Å². The van der Waals surface area contributed by atoms with Crippen molar-refractivity contribution in [2.24, 2.45) is 17.4 Å². The third-order valence-corrected chi connectivity index (χ3v) is 4.63. The van der Waals surface area contributed by atoms with Crippen LogP contribution in [0, 0.1) is 5.92 Å². The second-order valence-electron chi connectivity index (χ2n) is 7.57. The molecule has 174 valence electrons. The quantitative estimate of drug-likeness (QED) is 0.165. The average Bonchev–Trinajstić information content (AvgIpc) is 3.23. The smallest absolute Gasteiger partial charge is 0.322 e. The summed E-state index contributed by atoms with van der Waals surface area (Å²) in [5, 5.41) is 16.3. The van der Waals surface area contributed by atoms with E-state index in [9.17, 15) is 19.2 Å². The molecule has 12 heteroatoms. The van der Waals surface area contributed by atoms with Crippen molar-refractivity contribution in [3.8, 4) is 0 Å². The van der Waals surface area contributed by atoms with Gasteiger partial charge >= 0.3 is 5.97 Å². The van der Waals surface area contributed by atoms with E-state index in [0.29, 0.717) is 25.1 Å². The fourth-order valence-corrected chi connectivity index (χ4v) is 2.72. The zero-order valence-corrected chi connectivity index (χ0v) is 17.9. The van der Waals surface area contributed by atoms with Gasteiger partial charge in [-0.3, -0.25) is 19.2 Å². The number of aromatic amines is 1.